The molecule has 0 bridgehead atoms. The van der Waals surface area contributed by atoms with Crippen molar-refractivity contribution in [2.75, 3.05) is 11.4 Å². The lowest BCUT2D eigenvalue weighted by Gasteiger charge is -2.21. The van der Waals surface area contributed by atoms with Gasteiger partial charge in [-0.2, -0.15) is 0 Å². The highest BCUT2D eigenvalue weighted by molar-refractivity contribution is 7.93. The van der Waals surface area contributed by atoms with Crippen LogP contribution in [0.2, 0.25) is 20.1 Å². The van der Waals surface area contributed by atoms with Crippen LogP contribution in [0, 0.1) is 0 Å². The fraction of sp³-hybridized carbons (Fsp3) is 0.0769. The van der Waals surface area contributed by atoms with E-state index in [1.165, 1.54) is 37.4 Å². The first-order valence-corrected chi connectivity index (χ1v) is 8.57. The molecule has 2 aromatic rings. The molecule has 2 rings (SSSR count). The number of halogens is 4. The molecule has 21 heavy (non-hydrogen) atoms. The molecule has 0 spiro atoms. The van der Waals surface area contributed by atoms with E-state index in [9.17, 15) is 8.42 Å². The number of anilines is 1. The Labute approximate surface area is 143 Å². The van der Waals surface area contributed by atoms with Gasteiger partial charge < -0.3 is 0 Å². The van der Waals surface area contributed by atoms with E-state index >= 15 is 0 Å². The van der Waals surface area contributed by atoms with E-state index in [1.54, 1.807) is 6.07 Å². The first-order chi connectivity index (χ1) is 9.73. The molecule has 0 aliphatic rings. The minimum atomic E-state index is -3.91. The third-order valence-corrected chi connectivity index (χ3v) is 5.82. The van der Waals surface area contributed by atoms with Crippen molar-refractivity contribution in [3.8, 4) is 0 Å². The molecule has 0 N–H and O–H groups in total. The third-order valence-electron chi connectivity index (χ3n) is 2.78. The Bertz CT molecular complexity index is 793. The van der Waals surface area contributed by atoms with Gasteiger partial charge in [0.25, 0.3) is 10.0 Å². The van der Waals surface area contributed by atoms with Gasteiger partial charge in [-0.05, 0) is 36.4 Å². The van der Waals surface area contributed by atoms with Crippen LogP contribution in [0.15, 0.2) is 41.3 Å². The molecular formula is C13H9Cl4NO2S. The third kappa shape index (κ3) is 3.41. The van der Waals surface area contributed by atoms with Crippen LogP contribution in [-0.2, 0) is 10.0 Å². The zero-order valence-electron chi connectivity index (χ0n) is 10.6. The summed E-state index contributed by atoms with van der Waals surface area (Å²) in [4.78, 5) is -0.102. The second kappa shape index (κ2) is 6.23. The molecule has 0 fully saturated rings. The van der Waals surface area contributed by atoms with Crippen molar-refractivity contribution in [3.05, 3.63) is 56.5 Å². The van der Waals surface area contributed by atoms with Crippen molar-refractivity contribution in [2.45, 2.75) is 4.90 Å². The van der Waals surface area contributed by atoms with Crippen molar-refractivity contribution in [2.24, 2.45) is 0 Å². The van der Waals surface area contributed by atoms with Gasteiger partial charge in [0, 0.05) is 17.1 Å². The average Bonchev–Trinajstić information content (AvgIpc) is 2.43. The summed E-state index contributed by atoms with van der Waals surface area (Å²) in [5.41, 5.74) is 0.250. The van der Waals surface area contributed by atoms with Crippen molar-refractivity contribution in [1.82, 2.24) is 0 Å². The Hall–Kier alpha value is -0.650. The Morgan fingerprint density at radius 3 is 2.00 bits per heavy atom. The highest BCUT2D eigenvalue weighted by atomic mass is 35.5. The number of nitrogens with zero attached hydrogens (tertiary/aromatic N) is 1. The first kappa shape index (κ1) is 16.7. The van der Waals surface area contributed by atoms with Crippen LogP contribution in [0.1, 0.15) is 0 Å². The number of hydrogen-bond acceptors (Lipinski definition) is 2. The van der Waals surface area contributed by atoms with E-state index < -0.39 is 10.0 Å². The van der Waals surface area contributed by atoms with Crippen LogP contribution in [0.5, 0.6) is 0 Å². The van der Waals surface area contributed by atoms with E-state index in [-0.39, 0.29) is 25.7 Å². The lowest BCUT2D eigenvalue weighted by atomic mass is 10.3. The molecule has 3 nitrogen and oxygen atoms in total. The molecule has 0 saturated carbocycles. The zero-order chi connectivity index (χ0) is 15.8. The number of hydrogen-bond donors (Lipinski definition) is 0. The molecule has 0 aromatic heterocycles. The smallest absolute Gasteiger partial charge is 0.265 e. The number of rotatable bonds is 3. The van der Waals surface area contributed by atoms with Gasteiger partial charge >= 0.3 is 0 Å². The van der Waals surface area contributed by atoms with Crippen molar-refractivity contribution in [1.29, 1.82) is 0 Å². The predicted molar refractivity (Wildman–Crippen MR) is 88.5 cm³/mol. The van der Waals surface area contributed by atoms with E-state index in [0.717, 1.165) is 4.31 Å². The zero-order valence-corrected chi connectivity index (χ0v) is 14.5. The Morgan fingerprint density at radius 2 is 1.38 bits per heavy atom. The van der Waals surface area contributed by atoms with Gasteiger partial charge in [0.15, 0.2) is 0 Å². The van der Waals surface area contributed by atoms with E-state index in [1.807, 2.05) is 0 Å². The van der Waals surface area contributed by atoms with E-state index in [4.69, 9.17) is 46.4 Å². The van der Waals surface area contributed by atoms with Gasteiger partial charge in [-0.25, -0.2) is 8.42 Å². The predicted octanol–water partition coefficient (Wildman–Crippen LogP) is 5.13. The summed E-state index contributed by atoms with van der Waals surface area (Å²) in [6, 6.07) is 8.76. The maximum absolute atomic E-state index is 12.7. The molecular weight excluding hydrogens is 376 g/mol. The van der Waals surface area contributed by atoms with Crippen LogP contribution in [-0.4, -0.2) is 15.5 Å². The number of benzene rings is 2. The molecule has 112 valence electrons. The lowest BCUT2D eigenvalue weighted by Crippen LogP contribution is -2.27. The van der Waals surface area contributed by atoms with E-state index in [0.29, 0.717) is 5.02 Å². The molecule has 2 aromatic carbocycles. The van der Waals surface area contributed by atoms with Gasteiger partial charge in [0.1, 0.15) is 4.90 Å². The van der Waals surface area contributed by atoms with Gasteiger partial charge in [0.05, 0.1) is 15.7 Å². The van der Waals surface area contributed by atoms with Crippen LogP contribution >= 0.6 is 46.4 Å². The Balaban J connectivity index is 2.58. The molecule has 0 atom stereocenters. The van der Waals surface area contributed by atoms with Gasteiger partial charge in [-0.3, -0.25) is 4.31 Å². The summed E-state index contributed by atoms with van der Waals surface area (Å²) in [6.07, 6.45) is 0. The molecule has 0 radical (unpaired) electrons. The van der Waals surface area contributed by atoms with Crippen LogP contribution in [0.25, 0.3) is 0 Å². The summed E-state index contributed by atoms with van der Waals surface area (Å²) >= 11 is 23.7. The van der Waals surface area contributed by atoms with Crippen LogP contribution in [0.4, 0.5) is 5.69 Å². The monoisotopic (exact) mass is 383 g/mol. The summed E-state index contributed by atoms with van der Waals surface area (Å²) in [5, 5.41) is 0.963. The minimum Gasteiger partial charge on any atom is -0.268 e. The minimum absolute atomic E-state index is 0.0735. The second-order valence-electron chi connectivity index (χ2n) is 4.14. The molecule has 0 heterocycles. The lowest BCUT2D eigenvalue weighted by molar-refractivity contribution is 0.594. The standard InChI is InChI=1S/C13H9Cl4NO2S/c1-18(12-6-8(14)2-4-10(12)16)21(19,20)13-7-9(15)3-5-11(13)17/h2-7H,1H3. The summed E-state index contributed by atoms with van der Waals surface area (Å²) < 4.78 is 26.3. The maximum Gasteiger partial charge on any atom is 0.265 e. The largest absolute Gasteiger partial charge is 0.268 e. The fourth-order valence-electron chi connectivity index (χ4n) is 1.68. The second-order valence-corrected chi connectivity index (χ2v) is 7.77. The molecule has 0 saturated heterocycles. The summed E-state index contributed by atoms with van der Waals surface area (Å²) in [5.74, 6) is 0. The van der Waals surface area contributed by atoms with Gasteiger partial charge in [-0.1, -0.05) is 46.4 Å². The van der Waals surface area contributed by atoms with Crippen molar-refractivity contribution >= 4 is 62.1 Å². The van der Waals surface area contributed by atoms with Gasteiger partial charge in [-0.15, -0.1) is 0 Å². The fourth-order valence-corrected chi connectivity index (χ4v) is 4.08. The summed E-state index contributed by atoms with van der Waals surface area (Å²) in [6.45, 7) is 0. The molecule has 0 aliphatic heterocycles. The molecule has 0 aliphatic carbocycles. The summed E-state index contributed by atoms with van der Waals surface area (Å²) in [7, 11) is -2.55. The van der Waals surface area contributed by atoms with Crippen LogP contribution in [0.3, 0.4) is 0 Å². The first-order valence-electron chi connectivity index (χ1n) is 5.62. The molecule has 0 amide bonds. The average molecular weight is 385 g/mol. The normalized spacial score (nSPS) is 11.5. The maximum atomic E-state index is 12.7. The van der Waals surface area contributed by atoms with Gasteiger partial charge in [0.2, 0.25) is 0 Å². The quantitative estimate of drug-likeness (QED) is 0.735. The Kier molecular flexibility index (Phi) is 4.96. The molecule has 0 unspecified atom stereocenters. The van der Waals surface area contributed by atoms with E-state index in [2.05, 4.69) is 0 Å². The molecule has 8 heteroatoms. The van der Waals surface area contributed by atoms with Crippen molar-refractivity contribution in [3.63, 3.8) is 0 Å². The topological polar surface area (TPSA) is 37.4 Å². The number of sulfonamides is 1. The highest BCUT2D eigenvalue weighted by Gasteiger charge is 2.26. The Morgan fingerprint density at radius 1 is 0.857 bits per heavy atom. The van der Waals surface area contributed by atoms with Crippen molar-refractivity contribution < 1.29 is 8.42 Å². The SMILES string of the molecule is CN(c1cc(Cl)ccc1Cl)S(=O)(=O)c1cc(Cl)ccc1Cl. The van der Waals surface area contributed by atoms with Crippen LogP contribution < -0.4 is 4.31 Å². The highest BCUT2D eigenvalue weighted by Crippen LogP contribution is 2.34.